The van der Waals surface area contributed by atoms with Gasteiger partial charge >= 0.3 is 0 Å². The van der Waals surface area contributed by atoms with Crippen LogP contribution in [0.25, 0.3) is 0 Å². The molecule has 0 aromatic rings. The topological polar surface area (TPSA) is 26.3 Å². The van der Waals surface area contributed by atoms with Gasteiger partial charge in [0, 0.05) is 13.0 Å². The Morgan fingerprint density at radius 2 is 2.00 bits per heavy atom. The van der Waals surface area contributed by atoms with Gasteiger partial charge in [-0.25, -0.2) is 0 Å². The first-order chi connectivity index (χ1) is 6.74. The zero-order valence-electron chi connectivity index (χ0n) is 9.66. The highest BCUT2D eigenvalue weighted by atomic mass is 32.2. The lowest BCUT2D eigenvalue weighted by molar-refractivity contribution is 0.198. The van der Waals surface area contributed by atoms with E-state index in [1.807, 2.05) is 0 Å². The molecule has 3 heteroatoms. The van der Waals surface area contributed by atoms with Gasteiger partial charge in [0.2, 0.25) is 0 Å². The van der Waals surface area contributed by atoms with Crippen molar-refractivity contribution in [2.45, 2.75) is 51.3 Å². The molecule has 0 aliphatic carbocycles. The van der Waals surface area contributed by atoms with Crippen molar-refractivity contribution >= 4 is 11.2 Å². The van der Waals surface area contributed by atoms with Gasteiger partial charge in [-0.1, -0.05) is 20.8 Å². The first-order valence-corrected chi connectivity index (χ1v) is 7.23. The molecule has 3 atom stereocenters. The van der Waals surface area contributed by atoms with Crippen molar-refractivity contribution in [2.24, 2.45) is 0 Å². The summed E-state index contributed by atoms with van der Waals surface area (Å²) in [7, 11) is 0. The third-order valence-corrected chi connectivity index (χ3v) is 5.27. The molecule has 0 N–H and O–H groups in total. The molecule has 0 bridgehead atoms. The lowest BCUT2D eigenvalue weighted by Gasteiger charge is -2.32. The molecule has 84 valence electrons. The van der Waals surface area contributed by atoms with Crippen LogP contribution in [0.15, 0.2) is 0 Å². The molecule has 0 aromatic heterocycles. The third kappa shape index (κ3) is 2.65. The van der Waals surface area contributed by atoms with E-state index in [-0.39, 0.29) is 0 Å². The average molecular weight is 217 g/mol. The van der Waals surface area contributed by atoms with Crippen molar-refractivity contribution < 1.29 is 4.55 Å². The van der Waals surface area contributed by atoms with Crippen LogP contribution in [0.1, 0.15) is 40.0 Å². The van der Waals surface area contributed by atoms with E-state index < -0.39 is 11.2 Å². The largest absolute Gasteiger partial charge is 0.616 e. The fourth-order valence-corrected chi connectivity index (χ4v) is 4.31. The van der Waals surface area contributed by atoms with Crippen molar-refractivity contribution in [3.8, 4) is 0 Å². The minimum Gasteiger partial charge on any atom is -0.616 e. The van der Waals surface area contributed by atoms with E-state index in [4.69, 9.17) is 0 Å². The van der Waals surface area contributed by atoms with Crippen molar-refractivity contribution in [3.05, 3.63) is 0 Å². The van der Waals surface area contributed by atoms with Gasteiger partial charge in [0.05, 0.1) is 6.04 Å². The maximum Gasteiger partial charge on any atom is 0.130 e. The number of hydrogen-bond acceptors (Lipinski definition) is 2. The molecule has 0 saturated carbocycles. The fourth-order valence-electron chi connectivity index (χ4n) is 2.51. The van der Waals surface area contributed by atoms with Crippen LogP contribution in [0.3, 0.4) is 0 Å². The molecular formula is C11H23NOS. The second-order valence-electron chi connectivity index (χ2n) is 3.99. The van der Waals surface area contributed by atoms with E-state index in [9.17, 15) is 4.55 Å². The maximum atomic E-state index is 12.0. The summed E-state index contributed by atoms with van der Waals surface area (Å²) in [5, 5.41) is 0.405. The van der Waals surface area contributed by atoms with Gasteiger partial charge in [-0.15, -0.1) is 0 Å². The first-order valence-electron chi connectivity index (χ1n) is 5.85. The normalized spacial score (nSPS) is 35.6. The van der Waals surface area contributed by atoms with Gasteiger partial charge in [-0.2, -0.15) is 0 Å². The van der Waals surface area contributed by atoms with E-state index in [1.54, 1.807) is 0 Å². The second-order valence-corrected chi connectivity index (χ2v) is 5.76. The second kappa shape index (κ2) is 5.99. The molecule has 1 fully saturated rings. The molecule has 0 radical (unpaired) electrons. The Morgan fingerprint density at radius 1 is 1.29 bits per heavy atom. The SMILES string of the molecule is CCC1C(CC)[S+]([O-])CCCN1CC. The summed E-state index contributed by atoms with van der Waals surface area (Å²) in [4.78, 5) is 2.51. The van der Waals surface area contributed by atoms with Gasteiger partial charge < -0.3 is 4.55 Å². The number of nitrogens with zero attached hydrogens (tertiary/aromatic N) is 1. The summed E-state index contributed by atoms with van der Waals surface area (Å²) in [6.07, 6.45) is 3.30. The standard InChI is InChI=1S/C11H23NOS/c1-4-10-11(5-2)14(13)9-7-8-12(10)6-3/h10-11H,4-9H2,1-3H3. The van der Waals surface area contributed by atoms with E-state index in [0.29, 0.717) is 11.3 Å². The highest BCUT2D eigenvalue weighted by Crippen LogP contribution is 2.23. The minimum absolute atomic E-state index is 0.405. The summed E-state index contributed by atoms with van der Waals surface area (Å²) in [5.74, 6) is 0.908. The van der Waals surface area contributed by atoms with Crippen molar-refractivity contribution in [2.75, 3.05) is 18.8 Å². The van der Waals surface area contributed by atoms with Gasteiger partial charge in [0.1, 0.15) is 11.0 Å². The number of rotatable bonds is 3. The molecule has 1 rings (SSSR count). The third-order valence-electron chi connectivity index (χ3n) is 3.25. The predicted molar refractivity (Wildman–Crippen MR) is 63.0 cm³/mol. The van der Waals surface area contributed by atoms with Crippen LogP contribution in [0.4, 0.5) is 0 Å². The van der Waals surface area contributed by atoms with Crippen molar-refractivity contribution in [1.82, 2.24) is 4.90 Å². The Balaban J connectivity index is 2.73. The quantitative estimate of drug-likeness (QED) is 0.676. The Kier molecular flexibility index (Phi) is 5.28. The fraction of sp³-hybridized carbons (Fsp3) is 1.00. The molecular weight excluding hydrogens is 194 g/mol. The summed E-state index contributed by atoms with van der Waals surface area (Å²) in [5.41, 5.74) is 0. The Labute approximate surface area is 91.2 Å². The van der Waals surface area contributed by atoms with Crippen molar-refractivity contribution in [3.63, 3.8) is 0 Å². The Bertz CT molecular complexity index is 165. The van der Waals surface area contributed by atoms with Crippen LogP contribution in [-0.4, -0.2) is 39.6 Å². The molecule has 1 heterocycles. The summed E-state index contributed by atoms with van der Waals surface area (Å²) >= 11 is -0.589. The van der Waals surface area contributed by atoms with E-state index in [0.717, 1.165) is 38.1 Å². The van der Waals surface area contributed by atoms with Gasteiger partial charge in [0.25, 0.3) is 0 Å². The monoisotopic (exact) mass is 217 g/mol. The Hall–Kier alpha value is 0.270. The van der Waals surface area contributed by atoms with Crippen molar-refractivity contribution in [1.29, 1.82) is 0 Å². The van der Waals surface area contributed by atoms with E-state index in [1.165, 1.54) is 0 Å². The molecule has 1 aliphatic heterocycles. The van der Waals surface area contributed by atoms with E-state index in [2.05, 4.69) is 25.7 Å². The maximum absolute atomic E-state index is 12.0. The molecule has 0 aromatic carbocycles. The smallest absolute Gasteiger partial charge is 0.130 e. The van der Waals surface area contributed by atoms with Crippen LogP contribution < -0.4 is 0 Å². The molecule has 14 heavy (non-hydrogen) atoms. The molecule has 0 amide bonds. The minimum atomic E-state index is -0.589. The molecule has 2 nitrogen and oxygen atoms in total. The zero-order valence-corrected chi connectivity index (χ0v) is 10.5. The van der Waals surface area contributed by atoms with Crippen LogP contribution in [0.2, 0.25) is 0 Å². The lowest BCUT2D eigenvalue weighted by Crippen LogP contribution is -2.44. The average Bonchev–Trinajstić information content (AvgIpc) is 2.36. The Morgan fingerprint density at radius 3 is 2.50 bits per heavy atom. The van der Waals surface area contributed by atoms with Crippen LogP contribution in [-0.2, 0) is 11.2 Å². The summed E-state index contributed by atoms with van der Waals surface area (Å²) in [6, 6.07) is 0.549. The first kappa shape index (κ1) is 12.3. The van der Waals surface area contributed by atoms with Gasteiger partial charge in [-0.05, 0) is 30.6 Å². The summed E-state index contributed by atoms with van der Waals surface area (Å²) < 4.78 is 12.0. The molecule has 1 aliphatic rings. The van der Waals surface area contributed by atoms with Crippen LogP contribution in [0, 0.1) is 0 Å². The highest BCUT2D eigenvalue weighted by Gasteiger charge is 2.34. The summed E-state index contributed by atoms with van der Waals surface area (Å²) in [6.45, 7) is 8.84. The molecule has 3 unspecified atom stereocenters. The molecule has 1 saturated heterocycles. The van der Waals surface area contributed by atoms with E-state index >= 15 is 0 Å². The number of hydrogen-bond donors (Lipinski definition) is 0. The highest BCUT2D eigenvalue weighted by molar-refractivity contribution is 7.92. The lowest BCUT2D eigenvalue weighted by atomic mass is 10.1. The van der Waals surface area contributed by atoms with Gasteiger partial charge in [0.15, 0.2) is 0 Å². The van der Waals surface area contributed by atoms with Crippen LogP contribution in [0.5, 0.6) is 0 Å². The predicted octanol–water partition coefficient (Wildman–Crippen LogP) is 2.02. The molecule has 0 spiro atoms. The van der Waals surface area contributed by atoms with Crippen LogP contribution >= 0.6 is 0 Å². The van der Waals surface area contributed by atoms with Gasteiger partial charge in [-0.3, -0.25) is 4.90 Å². The zero-order chi connectivity index (χ0) is 10.6.